The highest BCUT2D eigenvalue weighted by atomic mass is 32.1. The fraction of sp³-hybridized carbons (Fsp3) is 0.500. The molecule has 0 fully saturated rings. The van der Waals surface area contributed by atoms with Crippen molar-refractivity contribution < 1.29 is 0 Å². The highest BCUT2D eigenvalue weighted by molar-refractivity contribution is 7.07. The van der Waals surface area contributed by atoms with Gasteiger partial charge < -0.3 is 5.73 Å². The number of hydrogen-bond donors (Lipinski definition) is 1. The molecule has 2 aromatic rings. The first-order valence-electron chi connectivity index (χ1n) is 6.57. The molecule has 18 heavy (non-hydrogen) atoms. The van der Waals surface area contributed by atoms with Crippen LogP contribution in [0.3, 0.4) is 0 Å². The van der Waals surface area contributed by atoms with Crippen LogP contribution in [-0.4, -0.2) is 9.78 Å². The topological polar surface area (TPSA) is 43.8 Å². The second kappa shape index (κ2) is 6.16. The van der Waals surface area contributed by atoms with Gasteiger partial charge in [-0.25, -0.2) is 0 Å². The van der Waals surface area contributed by atoms with E-state index < -0.39 is 0 Å². The zero-order valence-corrected chi connectivity index (χ0v) is 11.9. The van der Waals surface area contributed by atoms with Gasteiger partial charge in [0.05, 0.1) is 11.4 Å². The van der Waals surface area contributed by atoms with E-state index in [-0.39, 0.29) is 6.04 Å². The van der Waals surface area contributed by atoms with Crippen LogP contribution in [-0.2, 0) is 19.4 Å². The van der Waals surface area contributed by atoms with Gasteiger partial charge in [0.25, 0.3) is 0 Å². The molecule has 2 heterocycles. The lowest BCUT2D eigenvalue weighted by Gasteiger charge is -2.12. The molecule has 0 saturated heterocycles. The highest BCUT2D eigenvalue weighted by Crippen LogP contribution is 2.19. The fourth-order valence-electron chi connectivity index (χ4n) is 2.12. The van der Waals surface area contributed by atoms with Crippen molar-refractivity contribution in [3.05, 3.63) is 39.8 Å². The summed E-state index contributed by atoms with van der Waals surface area (Å²) in [6, 6.07) is 4.41. The zero-order chi connectivity index (χ0) is 13.0. The van der Waals surface area contributed by atoms with E-state index in [0.29, 0.717) is 0 Å². The van der Waals surface area contributed by atoms with E-state index in [1.54, 1.807) is 11.3 Å². The summed E-state index contributed by atoms with van der Waals surface area (Å²) in [5.74, 6) is 0. The van der Waals surface area contributed by atoms with Crippen molar-refractivity contribution in [2.45, 2.75) is 45.7 Å². The second-order valence-corrected chi connectivity index (χ2v) is 5.29. The molecule has 0 aliphatic rings. The number of rotatable bonds is 6. The Balaban J connectivity index is 2.03. The number of nitrogens with zero attached hydrogens (tertiary/aromatic N) is 2. The average Bonchev–Trinajstić information content (AvgIpc) is 3.04. The second-order valence-electron chi connectivity index (χ2n) is 4.51. The summed E-state index contributed by atoms with van der Waals surface area (Å²) in [6.07, 6.45) is 2.99. The van der Waals surface area contributed by atoms with Gasteiger partial charge >= 0.3 is 0 Å². The van der Waals surface area contributed by atoms with Crippen LogP contribution in [0, 0.1) is 0 Å². The monoisotopic (exact) mass is 263 g/mol. The SMILES string of the molecule is CCc1cc(C(N)CCc2ccsc2)n(CC)n1. The third kappa shape index (κ3) is 3.00. The summed E-state index contributed by atoms with van der Waals surface area (Å²) in [5.41, 5.74) is 9.99. The Hall–Kier alpha value is -1.13. The van der Waals surface area contributed by atoms with Crippen LogP contribution >= 0.6 is 11.3 Å². The Morgan fingerprint density at radius 1 is 1.44 bits per heavy atom. The third-order valence-corrected chi connectivity index (χ3v) is 3.96. The molecular formula is C14H21N3S. The lowest BCUT2D eigenvalue weighted by atomic mass is 10.1. The quantitative estimate of drug-likeness (QED) is 0.870. The molecule has 0 aromatic carbocycles. The Morgan fingerprint density at radius 3 is 2.89 bits per heavy atom. The van der Waals surface area contributed by atoms with Crippen LogP contribution in [0.4, 0.5) is 0 Å². The van der Waals surface area contributed by atoms with Crippen LogP contribution in [0.1, 0.15) is 43.3 Å². The van der Waals surface area contributed by atoms with Gasteiger partial charge in [0.1, 0.15) is 0 Å². The van der Waals surface area contributed by atoms with Crippen LogP contribution in [0.5, 0.6) is 0 Å². The molecule has 98 valence electrons. The average molecular weight is 263 g/mol. The maximum atomic E-state index is 6.30. The largest absolute Gasteiger partial charge is 0.323 e. The van der Waals surface area contributed by atoms with Gasteiger partial charge in [0.15, 0.2) is 0 Å². The summed E-state index contributed by atoms with van der Waals surface area (Å²) < 4.78 is 2.04. The number of nitrogens with two attached hydrogens (primary N) is 1. The molecule has 0 amide bonds. The molecule has 3 nitrogen and oxygen atoms in total. The highest BCUT2D eigenvalue weighted by Gasteiger charge is 2.13. The summed E-state index contributed by atoms with van der Waals surface area (Å²) in [5, 5.41) is 8.87. The molecular weight excluding hydrogens is 242 g/mol. The molecule has 2 N–H and O–H groups in total. The van der Waals surface area contributed by atoms with Crippen molar-refractivity contribution in [2.24, 2.45) is 5.73 Å². The van der Waals surface area contributed by atoms with E-state index in [0.717, 1.165) is 31.5 Å². The van der Waals surface area contributed by atoms with Crippen molar-refractivity contribution in [1.82, 2.24) is 9.78 Å². The van der Waals surface area contributed by atoms with Gasteiger partial charge in [0, 0.05) is 12.6 Å². The van der Waals surface area contributed by atoms with Gasteiger partial charge in [-0.05, 0) is 54.6 Å². The van der Waals surface area contributed by atoms with Crippen molar-refractivity contribution in [1.29, 1.82) is 0 Å². The molecule has 0 radical (unpaired) electrons. The normalized spacial score (nSPS) is 12.8. The summed E-state index contributed by atoms with van der Waals surface area (Å²) in [6.45, 7) is 5.13. The van der Waals surface area contributed by atoms with E-state index in [4.69, 9.17) is 5.73 Å². The van der Waals surface area contributed by atoms with Crippen LogP contribution in [0.25, 0.3) is 0 Å². The number of hydrogen-bond acceptors (Lipinski definition) is 3. The lowest BCUT2D eigenvalue weighted by Crippen LogP contribution is -2.16. The molecule has 2 rings (SSSR count). The van der Waals surface area contributed by atoms with Crippen LogP contribution < -0.4 is 5.73 Å². The number of aryl methyl sites for hydroxylation is 3. The molecule has 1 unspecified atom stereocenters. The molecule has 1 atom stereocenters. The Labute approximate surface area is 113 Å². The zero-order valence-electron chi connectivity index (χ0n) is 11.1. The first kappa shape index (κ1) is 13.3. The van der Waals surface area contributed by atoms with Crippen molar-refractivity contribution in [2.75, 3.05) is 0 Å². The van der Waals surface area contributed by atoms with Crippen molar-refractivity contribution in [3.63, 3.8) is 0 Å². The first-order valence-corrected chi connectivity index (χ1v) is 7.52. The molecule has 2 aromatic heterocycles. The molecule has 0 saturated carbocycles. The van der Waals surface area contributed by atoms with E-state index in [9.17, 15) is 0 Å². The molecule has 4 heteroatoms. The summed E-state index contributed by atoms with van der Waals surface area (Å²) >= 11 is 1.74. The minimum atomic E-state index is 0.0812. The summed E-state index contributed by atoms with van der Waals surface area (Å²) in [4.78, 5) is 0. The maximum Gasteiger partial charge on any atom is 0.0625 e. The van der Waals surface area contributed by atoms with Gasteiger partial charge in [-0.3, -0.25) is 4.68 Å². The smallest absolute Gasteiger partial charge is 0.0625 e. The van der Waals surface area contributed by atoms with Gasteiger partial charge in [-0.1, -0.05) is 6.92 Å². The Bertz CT molecular complexity index is 473. The Kier molecular flexibility index (Phi) is 4.55. The van der Waals surface area contributed by atoms with Crippen LogP contribution in [0.2, 0.25) is 0 Å². The molecule has 0 spiro atoms. The summed E-state index contributed by atoms with van der Waals surface area (Å²) in [7, 11) is 0. The lowest BCUT2D eigenvalue weighted by molar-refractivity contribution is 0.545. The van der Waals surface area contributed by atoms with E-state index in [2.05, 4.69) is 41.8 Å². The Morgan fingerprint density at radius 2 is 2.28 bits per heavy atom. The standard InChI is InChI=1S/C14H21N3S/c1-3-12-9-14(17(4-2)16-12)13(15)6-5-11-7-8-18-10-11/h7-10,13H,3-6,15H2,1-2H3. The fourth-order valence-corrected chi connectivity index (χ4v) is 2.82. The van der Waals surface area contributed by atoms with Crippen molar-refractivity contribution >= 4 is 11.3 Å². The first-order chi connectivity index (χ1) is 8.74. The van der Waals surface area contributed by atoms with Crippen molar-refractivity contribution in [3.8, 4) is 0 Å². The predicted octanol–water partition coefficient (Wildman–Crippen LogP) is 3.16. The van der Waals surface area contributed by atoms with E-state index in [1.165, 1.54) is 11.3 Å². The molecule has 0 aliphatic carbocycles. The minimum Gasteiger partial charge on any atom is -0.323 e. The number of thiophene rings is 1. The number of aromatic nitrogens is 2. The van der Waals surface area contributed by atoms with Gasteiger partial charge in [-0.15, -0.1) is 0 Å². The van der Waals surface area contributed by atoms with Crippen LogP contribution in [0.15, 0.2) is 22.9 Å². The van der Waals surface area contributed by atoms with Gasteiger partial charge in [0.2, 0.25) is 0 Å². The van der Waals surface area contributed by atoms with Gasteiger partial charge in [-0.2, -0.15) is 16.4 Å². The maximum absolute atomic E-state index is 6.30. The molecule has 0 aliphatic heterocycles. The minimum absolute atomic E-state index is 0.0812. The van der Waals surface area contributed by atoms with E-state index in [1.807, 2.05) is 4.68 Å². The molecule has 0 bridgehead atoms. The predicted molar refractivity (Wildman–Crippen MR) is 76.8 cm³/mol. The van der Waals surface area contributed by atoms with E-state index >= 15 is 0 Å². The third-order valence-electron chi connectivity index (χ3n) is 3.23.